The highest BCUT2D eigenvalue weighted by atomic mass is 32.2. The van der Waals surface area contributed by atoms with Crippen molar-refractivity contribution in [2.24, 2.45) is 5.73 Å². The van der Waals surface area contributed by atoms with Crippen molar-refractivity contribution in [2.45, 2.75) is 19.4 Å². The van der Waals surface area contributed by atoms with Gasteiger partial charge in [0.05, 0.1) is 17.6 Å². The molecule has 1 atom stereocenters. The lowest BCUT2D eigenvalue weighted by Gasteiger charge is -2.19. The zero-order valence-corrected chi connectivity index (χ0v) is 11.1. The van der Waals surface area contributed by atoms with Gasteiger partial charge in [-0.15, -0.1) is 0 Å². The Morgan fingerprint density at radius 2 is 2.25 bits per heavy atom. The van der Waals surface area contributed by atoms with E-state index in [4.69, 9.17) is 5.73 Å². The number of rotatable bonds is 6. The highest BCUT2D eigenvalue weighted by Gasteiger charge is 2.06. The molecule has 4 heteroatoms. The van der Waals surface area contributed by atoms with Crippen LogP contribution in [-0.2, 0) is 0 Å². The molecule has 0 radical (unpaired) electrons. The average Bonchev–Trinajstić information content (AvgIpc) is 2.35. The quantitative estimate of drug-likeness (QED) is 0.827. The molecule has 2 N–H and O–H groups in total. The number of nitrogens with zero attached hydrogens (tertiary/aromatic N) is 2. The molecule has 0 aromatic carbocycles. The molecule has 1 unspecified atom stereocenters. The van der Waals surface area contributed by atoms with E-state index in [0.717, 1.165) is 30.1 Å². The Bertz CT molecular complexity index is 300. The summed E-state index contributed by atoms with van der Waals surface area (Å²) < 4.78 is 0. The van der Waals surface area contributed by atoms with Gasteiger partial charge < -0.3 is 10.6 Å². The van der Waals surface area contributed by atoms with Gasteiger partial charge in [-0.05, 0) is 24.8 Å². The van der Waals surface area contributed by atoms with Gasteiger partial charge in [-0.3, -0.25) is 4.98 Å². The molecular weight excluding hydrogens is 218 g/mol. The topological polar surface area (TPSA) is 42.1 Å². The summed E-state index contributed by atoms with van der Waals surface area (Å²) >= 11 is 1.85. The van der Waals surface area contributed by atoms with E-state index in [0.29, 0.717) is 0 Å². The molecule has 0 bridgehead atoms. The number of thioether (sulfide) groups is 1. The lowest BCUT2D eigenvalue weighted by molar-refractivity contribution is 0.675. The molecule has 1 heterocycles. The third kappa shape index (κ3) is 3.68. The monoisotopic (exact) mass is 239 g/mol. The summed E-state index contributed by atoms with van der Waals surface area (Å²) in [5.41, 5.74) is 8.05. The average molecular weight is 239 g/mol. The Balaban J connectivity index is 2.63. The Labute approximate surface area is 102 Å². The van der Waals surface area contributed by atoms with Crippen LogP contribution in [0.4, 0.5) is 5.69 Å². The lowest BCUT2D eigenvalue weighted by Crippen LogP contribution is -2.20. The molecule has 0 saturated heterocycles. The van der Waals surface area contributed by atoms with Crippen LogP contribution in [0, 0.1) is 0 Å². The van der Waals surface area contributed by atoms with Crippen molar-refractivity contribution < 1.29 is 0 Å². The highest BCUT2D eigenvalue weighted by molar-refractivity contribution is 7.98. The molecule has 1 aromatic rings. The SMILES string of the molecule is CCC(N)c1ccc(N(C)CCSC)cn1. The van der Waals surface area contributed by atoms with Gasteiger partial charge in [-0.1, -0.05) is 6.92 Å². The fourth-order valence-corrected chi connectivity index (χ4v) is 1.87. The highest BCUT2D eigenvalue weighted by Crippen LogP contribution is 2.16. The molecule has 0 aliphatic carbocycles. The van der Waals surface area contributed by atoms with E-state index in [9.17, 15) is 0 Å². The molecule has 3 nitrogen and oxygen atoms in total. The maximum Gasteiger partial charge on any atom is 0.0572 e. The third-order valence-electron chi connectivity index (χ3n) is 2.66. The number of nitrogens with two attached hydrogens (primary N) is 1. The number of pyridine rings is 1. The van der Waals surface area contributed by atoms with Crippen LogP contribution >= 0.6 is 11.8 Å². The van der Waals surface area contributed by atoms with Gasteiger partial charge in [-0.25, -0.2) is 0 Å². The zero-order valence-electron chi connectivity index (χ0n) is 10.3. The third-order valence-corrected chi connectivity index (χ3v) is 3.25. The maximum absolute atomic E-state index is 5.92. The van der Waals surface area contributed by atoms with Crippen LogP contribution in [0.1, 0.15) is 25.1 Å². The minimum atomic E-state index is 0.0607. The van der Waals surface area contributed by atoms with Crippen LogP contribution in [0.2, 0.25) is 0 Å². The molecule has 0 aliphatic rings. The number of hydrogen-bond acceptors (Lipinski definition) is 4. The van der Waals surface area contributed by atoms with E-state index in [-0.39, 0.29) is 6.04 Å². The summed E-state index contributed by atoms with van der Waals surface area (Å²) in [5.74, 6) is 1.13. The predicted octanol–water partition coefficient (Wildman–Crippen LogP) is 2.29. The van der Waals surface area contributed by atoms with Gasteiger partial charge in [0, 0.05) is 25.4 Å². The first kappa shape index (κ1) is 13.3. The molecule has 90 valence electrons. The lowest BCUT2D eigenvalue weighted by atomic mass is 10.1. The van der Waals surface area contributed by atoms with Crippen LogP contribution in [0.25, 0.3) is 0 Å². The van der Waals surface area contributed by atoms with Gasteiger partial charge in [0.25, 0.3) is 0 Å². The molecule has 0 spiro atoms. The van der Waals surface area contributed by atoms with E-state index in [1.165, 1.54) is 0 Å². The first-order valence-electron chi connectivity index (χ1n) is 5.60. The van der Waals surface area contributed by atoms with Gasteiger partial charge >= 0.3 is 0 Å². The first-order chi connectivity index (χ1) is 7.69. The summed E-state index contributed by atoms with van der Waals surface area (Å²) in [6.07, 6.45) is 4.95. The molecule has 1 aromatic heterocycles. The van der Waals surface area contributed by atoms with Crippen LogP contribution in [-0.4, -0.2) is 30.6 Å². The van der Waals surface area contributed by atoms with Crippen molar-refractivity contribution in [1.29, 1.82) is 0 Å². The number of aromatic nitrogens is 1. The normalized spacial score (nSPS) is 12.5. The Kier molecular flexibility index (Phi) is 5.63. The molecular formula is C12H21N3S. The Morgan fingerprint density at radius 3 is 2.75 bits per heavy atom. The van der Waals surface area contributed by atoms with Crippen LogP contribution in [0.3, 0.4) is 0 Å². The number of anilines is 1. The van der Waals surface area contributed by atoms with Gasteiger partial charge in [0.1, 0.15) is 0 Å². The summed E-state index contributed by atoms with van der Waals surface area (Å²) in [5, 5.41) is 0. The van der Waals surface area contributed by atoms with Gasteiger partial charge in [0.15, 0.2) is 0 Å². The Hall–Kier alpha value is -0.740. The largest absolute Gasteiger partial charge is 0.373 e. The summed E-state index contributed by atoms with van der Waals surface area (Å²) in [6, 6.07) is 4.18. The number of hydrogen-bond donors (Lipinski definition) is 1. The second-order valence-electron chi connectivity index (χ2n) is 3.87. The maximum atomic E-state index is 5.92. The van der Waals surface area contributed by atoms with E-state index in [1.54, 1.807) is 0 Å². The molecule has 0 fully saturated rings. The smallest absolute Gasteiger partial charge is 0.0572 e. The van der Waals surface area contributed by atoms with E-state index >= 15 is 0 Å². The van der Waals surface area contributed by atoms with Crippen LogP contribution < -0.4 is 10.6 Å². The summed E-state index contributed by atoms with van der Waals surface area (Å²) in [7, 11) is 2.09. The van der Waals surface area contributed by atoms with Crippen molar-refractivity contribution >= 4 is 17.4 Å². The van der Waals surface area contributed by atoms with Crippen molar-refractivity contribution in [3.8, 4) is 0 Å². The molecule has 0 saturated carbocycles. The van der Waals surface area contributed by atoms with Crippen molar-refractivity contribution in [3.05, 3.63) is 24.0 Å². The molecule has 16 heavy (non-hydrogen) atoms. The standard InChI is InChI=1S/C12H21N3S/c1-4-11(13)12-6-5-10(9-14-12)15(2)7-8-16-3/h5-6,9,11H,4,7-8,13H2,1-3H3. The summed E-state index contributed by atoms with van der Waals surface area (Å²) in [4.78, 5) is 6.62. The minimum Gasteiger partial charge on any atom is -0.373 e. The van der Waals surface area contributed by atoms with Crippen molar-refractivity contribution in [1.82, 2.24) is 4.98 Å². The van der Waals surface area contributed by atoms with E-state index in [1.807, 2.05) is 24.0 Å². The van der Waals surface area contributed by atoms with Crippen molar-refractivity contribution in [2.75, 3.05) is 30.5 Å². The second kappa shape index (κ2) is 6.76. The first-order valence-corrected chi connectivity index (χ1v) is 7.00. The zero-order chi connectivity index (χ0) is 12.0. The van der Waals surface area contributed by atoms with Gasteiger partial charge in [-0.2, -0.15) is 11.8 Å². The molecule has 1 rings (SSSR count). The molecule has 0 amide bonds. The van der Waals surface area contributed by atoms with E-state index in [2.05, 4.69) is 36.2 Å². The van der Waals surface area contributed by atoms with Crippen LogP contribution in [0.5, 0.6) is 0 Å². The predicted molar refractivity (Wildman–Crippen MR) is 73.1 cm³/mol. The van der Waals surface area contributed by atoms with Gasteiger partial charge in [0.2, 0.25) is 0 Å². The van der Waals surface area contributed by atoms with Crippen LogP contribution in [0.15, 0.2) is 18.3 Å². The fourth-order valence-electron chi connectivity index (χ4n) is 1.41. The Morgan fingerprint density at radius 1 is 1.50 bits per heavy atom. The second-order valence-corrected chi connectivity index (χ2v) is 4.86. The van der Waals surface area contributed by atoms with E-state index < -0.39 is 0 Å². The van der Waals surface area contributed by atoms with Crippen molar-refractivity contribution in [3.63, 3.8) is 0 Å². The fraction of sp³-hybridized carbons (Fsp3) is 0.583. The minimum absolute atomic E-state index is 0.0607. The summed E-state index contributed by atoms with van der Waals surface area (Å²) in [6.45, 7) is 3.12. The molecule has 0 aliphatic heterocycles.